The van der Waals surface area contributed by atoms with Crippen LogP contribution in [0.4, 0.5) is 4.79 Å². The second-order valence-corrected chi connectivity index (χ2v) is 8.37. The first-order valence-electron chi connectivity index (χ1n) is 8.06. The van der Waals surface area contributed by atoms with Crippen molar-refractivity contribution in [3.8, 4) is 0 Å². The molecule has 128 valence electrons. The Labute approximate surface area is 135 Å². The fraction of sp³-hybridized carbons (Fsp3) is 0.786. The first-order chi connectivity index (χ1) is 11.0. The molecule has 0 spiro atoms. The number of nitrogens with zero attached hydrogens (tertiary/aromatic N) is 3. The molecule has 0 aromatic carbocycles. The maximum Gasteiger partial charge on any atom is 0.317 e. The van der Waals surface area contributed by atoms with E-state index in [4.69, 9.17) is 4.52 Å². The third-order valence-corrected chi connectivity index (χ3v) is 6.04. The average Bonchev–Trinajstić information content (AvgIpc) is 3.14. The molecule has 0 unspecified atom stereocenters. The predicted octanol–water partition coefficient (Wildman–Crippen LogP) is 0.708. The zero-order valence-corrected chi connectivity index (χ0v) is 14.0. The quantitative estimate of drug-likeness (QED) is 0.816. The van der Waals surface area contributed by atoms with Crippen molar-refractivity contribution in [2.75, 3.05) is 24.6 Å². The van der Waals surface area contributed by atoms with Gasteiger partial charge in [-0.1, -0.05) is 5.16 Å². The van der Waals surface area contributed by atoms with E-state index in [2.05, 4.69) is 15.5 Å². The number of hydrogen-bond acceptors (Lipinski definition) is 6. The number of sulfone groups is 1. The van der Waals surface area contributed by atoms with E-state index < -0.39 is 9.84 Å². The molecule has 1 saturated heterocycles. The number of amides is 2. The van der Waals surface area contributed by atoms with Crippen LogP contribution in [0.3, 0.4) is 0 Å². The van der Waals surface area contributed by atoms with Gasteiger partial charge >= 0.3 is 6.03 Å². The van der Waals surface area contributed by atoms with E-state index in [1.807, 2.05) is 6.92 Å². The van der Waals surface area contributed by atoms with Gasteiger partial charge in [0.05, 0.1) is 11.5 Å². The molecule has 1 aromatic rings. The molecular weight excluding hydrogens is 320 g/mol. The van der Waals surface area contributed by atoms with E-state index in [0.717, 1.165) is 18.7 Å². The Kier molecular flexibility index (Phi) is 4.56. The molecule has 1 N–H and O–H groups in total. The van der Waals surface area contributed by atoms with Crippen molar-refractivity contribution in [1.29, 1.82) is 0 Å². The molecule has 9 heteroatoms. The summed E-state index contributed by atoms with van der Waals surface area (Å²) in [4.78, 5) is 18.1. The van der Waals surface area contributed by atoms with Crippen molar-refractivity contribution >= 4 is 15.9 Å². The fourth-order valence-corrected chi connectivity index (χ4v) is 4.57. The predicted molar refractivity (Wildman–Crippen MR) is 82.8 cm³/mol. The Morgan fingerprint density at radius 3 is 2.78 bits per heavy atom. The number of carbonyl (C=O) groups excluding carboxylic acids is 1. The summed E-state index contributed by atoms with van der Waals surface area (Å²) >= 11 is 0. The average molecular weight is 342 g/mol. The topological polar surface area (TPSA) is 105 Å². The van der Waals surface area contributed by atoms with Crippen molar-refractivity contribution in [2.24, 2.45) is 0 Å². The number of hydrogen-bond donors (Lipinski definition) is 1. The normalized spacial score (nSPS) is 22.9. The number of aromatic nitrogens is 2. The van der Waals surface area contributed by atoms with Crippen molar-refractivity contribution in [1.82, 2.24) is 20.4 Å². The smallest absolute Gasteiger partial charge is 0.317 e. The third-order valence-electron chi connectivity index (χ3n) is 4.29. The van der Waals surface area contributed by atoms with Crippen LogP contribution >= 0.6 is 0 Å². The van der Waals surface area contributed by atoms with Crippen LogP contribution in [0.1, 0.15) is 43.8 Å². The summed E-state index contributed by atoms with van der Waals surface area (Å²) in [7, 11) is -3.00. The van der Waals surface area contributed by atoms with Gasteiger partial charge in [0.25, 0.3) is 0 Å². The van der Waals surface area contributed by atoms with Gasteiger partial charge in [0.2, 0.25) is 5.89 Å². The molecule has 1 aliphatic heterocycles. The molecular formula is C14H22N4O4S. The maximum absolute atomic E-state index is 12.2. The Balaban J connectivity index is 1.47. The summed E-state index contributed by atoms with van der Waals surface area (Å²) < 4.78 is 28.3. The van der Waals surface area contributed by atoms with E-state index in [1.165, 1.54) is 0 Å². The maximum atomic E-state index is 12.2. The van der Waals surface area contributed by atoms with Crippen LogP contribution < -0.4 is 5.32 Å². The molecule has 1 saturated carbocycles. The van der Waals surface area contributed by atoms with Crippen molar-refractivity contribution in [3.05, 3.63) is 11.7 Å². The van der Waals surface area contributed by atoms with E-state index in [1.54, 1.807) is 4.90 Å². The second kappa shape index (κ2) is 6.46. The molecule has 2 fully saturated rings. The summed E-state index contributed by atoms with van der Waals surface area (Å²) in [6.45, 7) is 2.73. The summed E-state index contributed by atoms with van der Waals surface area (Å²) in [6.07, 6.45) is 3.22. The van der Waals surface area contributed by atoms with Gasteiger partial charge in [-0.2, -0.15) is 4.98 Å². The highest BCUT2D eigenvalue weighted by atomic mass is 32.2. The summed E-state index contributed by atoms with van der Waals surface area (Å²) in [5, 5.41) is 6.74. The van der Waals surface area contributed by atoms with Gasteiger partial charge in [-0.3, -0.25) is 0 Å². The van der Waals surface area contributed by atoms with Crippen molar-refractivity contribution in [3.63, 3.8) is 0 Å². The minimum atomic E-state index is -3.00. The third kappa shape index (κ3) is 4.01. The molecule has 3 rings (SSSR count). The number of carbonyl (C=O) groups is 1. The lowest BCUT2D eigenvalue weighted by Gasteiger charge is -2.26. The lowest BCUT2D eigenvalue weighted by molar-refractivity contribution is 0.183. The number of rotatable bonds is 6. The molecule has 1 aliphatic carbocycles. The number of nitrogens with one attached hydrogen (secondary N) is 1. The molecule has 1 aromatic heterocycles. The van der Waals surface area contributed by atoms with E-state index in [0.29, 0.717) is 37.7 Å². The summed E-state index contributed by atoms with van der Waals surface area (Å²) in [5.74, 6) is 1.95. The van der Waals surface area contributed by atoms with E-state index in [-0.39, 0.29) is 23.6 Å². The Hall–Kier alpha value is -1.64. The highest BCUT2D eigenvalue weighted by Gasteiger charge is 2.34. The van der Waals surface area contributed by atoms with Gasteiger partial charge in [0, 0.05) is 31.5 Å². The zero-order chi connectivity index (χ0) is 16.4. The molecule has 23 heavy (non-hydrogen) atoms. The molecule has 0 bridgehead atoms. The second-order valence-electron chi connectivity index (χ2n) is 6.15. The van der Waals surface area contributed by atoms with Gasteiger partial charge in [0.1, 0.15) is 0 Å². The molecule has 8 nitrogen and oxygen atoms in total. The van der Waals surface area contributed by atoms with Crippen LogP contribution in [0.25, 0.3) is 0 Å². The molecule has 2 amide bonds. The lowest BCUT2D eigenvalue weighted by Crippen LogP contribution is -2.47. The van der Waals surface area contributed by atoms with Gasteiger partial charge in [-0.05, 0) is 26.2 Å². The standard InChI is InChI=1S/C14H22N4O4S/c1-2-18(11-6-8-23(20,21)9-11)14(19)15-7-5-12-16-13(17-22-12)10-3-4-10/h10-11H,2-9H2,1H3,(H,15,19)/t11-/m1/s1. The highest BCUT2D eigenvalue weighted by molar-refractivity contribution is 7.91. The highest BCUT2D eigenvalue weighted by Crippen LogP contribution is 2.38. The molecule has 0 radical (unpaired) electrons. The summed E-state index contributed by atoms with van der Waals surface area (Å²) in [6, 6.07) is -0.466. The SMILES string of the molecule is CCN(C(=O)NCCc1nc(C2CC2)no1)[C@@H]1CCS(=O)(=O)C1. The zero-order valence-electron chi connectivity index (χ0n) is 13.2. The van der Waals surface area contributed by atoms with Gasteiger partial charge < -0.3 is 14.7 Å². The van der Waals surface area contributed by atoms with E-state index in [9.17, 15) is 13.2 Å². The Bertz CT molecular complexity index is 668. The van der Waals surface area contributed by atoms with Crippen molar-refractivity contribution < 1.29 is 17.7 Å². The Morgan fingerprint density at radius 1 is 1.39 bits per heavy atom. The van der Waals surface area contributed by atoms with Crippen LogP contribution in [0, 0.1) is 0 Å². The first kappa shape index (κ1) is 16.2. The lowest BCUT2D eigenvalue weighted by atomic mass is 10.2. The van der Waals surface area contributed by atoms with Crippen molar-refractivity contribution in [2.45, 2.75) is 44.6 Å². The van der Waals surface area contributed by atoms with Gasteiger partial charge in [0.15, 0.2) is 15.7 Å². The molecule has 2 aliphatic rings. The van der Waals surface area contributed by atoms with Crippen LogP contribution in [0.15, 0.2) is 4.52 Å². The van der Waals surface area contributed by atoms with Crippen LogP contribution in [-0.4, -0.2) is 60.1 Å². The van der Waals surface area contributed by atoms with Crippen LogP contribution in [-0.2, 0) is 16.3 Å². The minimum Gasteiger partial charge on any atom is -0.339 e. The van der Waals surface area contributed by atoms with Gasteiger partial charge in [-0.25, -0.2) is 13.2 Å². The number of urea groups is 1. The molecule has 2 heterocycles. The monoisotopic (exact) mass is 342 g/mol. The largest absolute Gasteiger partial charge is 0.339 e. The molecule has 1 atom stereocenters. The van der Waals surface area contributed by atoms with Crippen LogP contribution in [0.5, 0.6) is 0 Å². The van der Waals surface area contributed by atoms with Crippen LogP contribution in [0.2, 0.25) is 0 Å². The Morgan fingerprint density at radius 2 is 2.17 bits per heavy atom. The fourth-order valence-electron chi connectivity index (χ4n) is 2.84. The van der Waals surface area contributed by atoms with E-state index >= 15 is 0 Å². The van der Waals surface area contributed by atoms with Gasteiger partial charge in [-0.15, -0.1) is 0 Å². The first-order valence-corrected chi connectivity index (χ1v) is 9.88. The minimum absolute atomic E-state index is 0.0582. The summed E-state index contributed by atoms with van der Waals surface area (Å²) in [5.41, 5.74) is 0.